The first-order valence-electron chi connectivity index (χ1n) is 11.3. The number of thiocarbonyl (C=S) groups is 1. The monoisotopic (exact) mass is 511 g/mol. The fourth-order valence-electron chi connectivity index (χ4n) is 3.95. The fourth-order valence-corrected chi connectivity index (χ4v) is 4.37. The van der Waals surface area contributed by atoms with Gasteiger partial charge >= 0.3 is 0 Å². The molecule has 0 atom stereocenters. The van der Waals surface area contributed by atoms with Crippen molar-refractivity contribution in [3.05, 3.63) is 119 Å². The first-order chi connectivity index (χ1) is 17.5. The van der Waals surface area contributed by atoms with Gasteiger partial charge in [0, 0.05) is 0 Å². The van der Waals surface area contributed by atoms with Gasteiger partial charge in [-0.25, -0.2) is 0 Å². The number of hydrogen-bond donors (Lipinski definition) is 2. The van der Waals surface area contributed by atoms with Gasteiger partial charge in [0.2, 0.25) is 5.91 Å². The summed E-state index contributed by atoms with van der Waals surface area (Å²) in [5, 5.41) is 15.5. The van der Waals surface area contributed by atoms with Gasteiger partial charge in [-0.3, -0.25) is 4.79 Å². The lowest BCUT2D eigenvalue weighted by Crippen LogP contribution is -2.38. The summed E-state index contributed by atoms with van der Waals surface area (Å²) in [4.78, 5) is 14.9. The molecule has 5 aromatic rings. The van der Waals surface area contributed by atoms with Crippen molar-refractivity contribution < 1.29 is 4.79 Å². The summed E-state index contributed by atoms with van der Waals surface area (Å²) >= 11 is 12.0. The topological polar surface area (TPSA) is 71.8 Å². The predicted octanol–water partition coefficient (Wildman–Crippen LogP) is 6.03. The summed E-state index contributed by atoms with van der Waals surface area (Å²) in [6.07, 6.45) is 0. The second-order valence-corrected chi connectivity index (χ2v) is 9.16. The molecule has 6 nitrogen and oxygen atoms in total. The van der Waals surface area contributed by atoms with Crippen molar-refractivity contribution in [3.8, 4) is 5.69 Å². The van der Waals surface area contributed by atoms with Crippen molar-refractivity contribution in [3.63, 3.8) is 0 Å². The minimum Gasteiger partial charge on any atom is -0.331 e. The van der Waals surface area contributed by atoms with E-state index in [2.05, 4.69) is 20.8 Å². The number of nitrogens with one attached hydrogen (secondary N) is 2. The fraction of sp³-hybridized carbons (Fsp3) is 0.0714. The first-order valence-corrected chi connectivity index (χ1v) is 12.1. The zero-order chi connectivity index (χ0) is 25.1. The van der Waals surface area contributed by atoms with Crippen molar-refractivity contribution in [2.24, 2.45) is 0 Å². The number of aryl methyl sites for hydroxylation is 1. The van der Waals surface area contributed by atoms with E-state index in [0.717, 1.165) is 22.4 Å². The molecule has 2 N–H and O–H groups in total. The maximum absolute atomic E-state index is 13.3. The Balaban J connectivity index is 1.36. The van der Waals surface area contributed by atoms with Crippen molar-refractivity contribution in [2.75, 3.05) is 5.32 Å². The van der Waals surface area contributed by atoms with Crippen LogP contribution in [0, 0.1) is 6.92 Å². The number of aromatic nitrogens is 3. The molecule has 4 aromatic carbocycles. The van der Waals surface area contributed by atoms with E-state index in [4.69, 9.17) is 23.8 Å². The van der Waals surface area contributed by atoms with Crippen molar-refractivity contribution in [1.29, 1.82) is 0 Å². The van der Waals surface area contributed by atoms with Gasteiger partial charge in [0.05, 0.1) is 22.3 Å². The maximum Gasteiger partial charge on any atom is 0.238 e. The Hall–Kier alpha value is -4.07. The minimum atomic E-state index is -0.514. The van der Waals surface area contributed by atoms with Crippen LogP contribution in [0.4, 0.5) is 5.69 Å². The molecule has 0 aliphatic carbocycles. The van der Waals surface area contributed by atoms with E-state index in [1.807, 2.05) is 91.9 Å². The molecule has 0 spiro atoms. The van der Waals surface area contributed by atoms with Gasteiger partial charge < -0.3 is 10.6 Å². The smallest absolute Gasteiger partial charge is 0.238 e. The highest BCUT2D eigenvalue weighted by Gasteiger charge is 2.23. The zero-order valence-electron chi connectivity index (χ0n) is 19.4. The second-order valence-electron chi connectivity index (χ2n) is 8.34. The average Bonchev–Trinajstić information content (AvgIpc) is 3.28. The van der Waals surface area contributed by atoms with E-state index in [1.165, 1.54) is 0 Å². The third-order valence-electron chi connectivity index (χ3n) is 5.75. The minimum absolute atomic E-state index is 0.143. The van der Waals surface area contributed by atoms with Crippen LogP contribution in [0.3, 0.4) is 0 Å². The number of nitrogens with zero attached hydrogens (tertiary/aromatic N) is 3. The highest BCUT2D eigenvalue weighted by molar-refractivity contribution is 7.80. The molecule has 1 heterocycles. The van der Waals surface area contributed by atoms with Crippen LogP contribution in [-0.2, 0) is 4.79 Å². The summed E-state index contributed by atoms with van der Waals surface area (Å²) in [6, 6.07) is 30.6. The van der Waals surface area contributed by atoms with Gasteiger partial charge in [-0.1, -0.05) is 90.0 Å². The molecule has 0 bridgehead atoms. The molecule has 1 aromatic heterocycles. The van der Waals surface area contributed by atoms with Crippen LogP contribution in [0.1, 0.15) is 22.6 Å². The number of amides is 1. The highest BCUT2D eigenvalue weighted by Crippen LogP contribution is 2.28. The molecule has 5 rings (SSSR count). The molecule has 0 unspecified atom stereocenters. The average molecular weight is 512 g/mol. The van der Waals surface area contributed by atoms with Crippen LogP contribution < -0.4 is 10.6 Å². The zero-order valence-corrected chi connectivity index (χ0v) is 20.9. The quantitative estimate of drug-likeness (QED) is 0.282. The molecular weight excluding hydrogens is 490 g/mol. The van der Waals surface area contributed by atoms with Crippen molar-refractivity contribution in [1.82, 2.24) is 20.3 Å². The van der Waals surface area contributed by atoms with Crippen molar-refractivity contribution in [2.45, 2.75) is 12.8 Å². The van der Waals surface area contributed by atoms with E-state index in [9.17, 15) is 4.79 Å². The molecule has 0 fully saturated rings. The summed E-state index contributed by atoms with van der Waals surface area (Å²) in [5.74, 6) is -0.757. The Morgan fingerprint density at radius 2 is 1.42 bits per heavy atom. The number of benzene rings is 4. The van der Waals surface area contributed by atoms with Gasteiger partial charge in [-0.05, 0) is 54.5 Å². The lowest BCUT2D eigenvalue weighted by molar-refractivity contribution is -0.120. The van der Waals surface area contributed by atoms with Crippen LogP contribution in [0.25, 0.3) is 16.7 Å². The molecule has 1 amide bonds. The lowest BCUT2D eigenvalue weighted by Gasteiger charge is -2.19. The molecule has 0 aliphatic heterocycles. The van der Waals surface area contributed by atoms with Gasteiger partial charge in [0.1, 0.15) is 11.0 Å². The second kappa shape index (κ2) is 10.3. The van der Waals surface area contributed by atoms with Crippen LogP contribution in [0.15, 0.2) is 97.1 Å². The van der Waals surface area contributed by atoms with Crippen LogP contribution in [0.5, 0.6) is 0 Å². The largest absolute Gasteiger partial charge is 0.331 e. The number of anilines is 1. The number of carbonyl (C=O) groups is 1. The Labute approximate surface area is 218 Å². The number of rotatable bonds is 5. The molecule has 36 heavy (non-hydrogen) atoms. The summed E-state index contributed by atoms with van der Waals surface area (Å²) in [6.45, 7) is 2.03. The molecule has 0 aliphatic rings. The Morgan fingerprint density at radius 3 is 2.00 bits per heavy atom. The Bertz CT molecular complexity index is 1500. The Kier molecular flexibility index (Phi) is 6.75. The third kappa shape index (κ3) is 5.12. The van der Waals surface area contributed by atoms with E-state index >= 15 is 0 Å². The number of fused-ring (bicyclic) bond motifs is 1. The summed E-state index contributed by atoms with van der Waals surface area (Å²) < 4.78 is 0. The number of carbonyl (C=O) groups excluding carboxylic acids is 1. The van der Waals surface area contributed by atoms with Crippen LogP contribution >= 0.6 is 23.8 Å². The van der Waals surface area contributed by atoms with Crippen LogP contribution in [0.2, 0.25) is 5.02 Å². The SMILES string of the molecule is Cc1ccc(-n2nc3cc(Cl)c(NC(=S)NC(=O)C(c4ccccc4)c4ccccc4)cc3n2)cc1. The van der Waals surface area contributed by atoms with Crippen molar-refractivity contribution >= 4 is 51.6 Å². The van der Waals surface area contributed by atoms with Gasteiger partial charge in [-0.15, -0.1) is 10.2 Å². The van der Waals surface area contributed by atoms with Gasteiger partial charge in [0.25, 0.3) is 0 Å². The summed E-state index contributed by atoms with van der Waals surface area (Å²) in [5.41, 5.74) is 5.56. The lowest BCUT2D eigenvalue weighted by atomic mass is 9.90. The Morgan fingerprint density at radius 1 is 0.861 bits per heavy atom. The van der Waals surface area contributed by atoms with Gasteiger partial charge in [0.15, 0.2) is 5.11 Å². The normalized spacial score (nSPS) is 11.0. The molecule has 0 saturated heterocycles. The summed E-state index contributed by atoms with van der Waals surface area (Å²) in [7, 11) is 0. The molecule has 8 heteroatoms. The standard InChI is InChI=1S/C28H22ClN5OS/c1-18-12-14-21(15-13-18)34-32-24-16-22(29)23(17-25(24)33-34)30-28(36)31-27(35)26(19-8-4-2-5-9-19)20-10-6-3-7-11-20/h2-17,26H,1H3,(H2,30,31,35,36). The van der Waals surface area contributed by atoms with E-state index in [0.29, 0.717) is 21.7 Å². The van der Waals surface area contributed by atoms with Crippen LogP contribution in [-0.4, -0.2) is 26.0 Å². The highest BCUT2D eigenvalue weighted by atomic mass is 35.5. The molecule has 0 saturated carbocycles. The van der Waals surface area contributed by atoms with E-state index in [-0.39, 0.29) is 11.0 Å². The first kappa shape index (κ1) is 23.7. The maximum atomic E-state index is 13.3. The molecule has 0 radical (unpaired) electrons. The third-order valence-corrected chi connectivity index (χ3v) is 6.26. The van der Waals surface area contributed by atoms with E-state index in [1.54, 1.807) is 16.9 Å². The molecular formula is C28H22ClN5OS. The number of halogens is 1. The van der Waals surface area contributed by atoms with E-state index < -0.39 is 5.92 Å². The number of hydrogen-bond acceptors (Lipinski definition) is 4. The molecule has 178 valence electrons. The predicted molar refractivity (Wildman–Crippen MR) is 148 cm³/mol. The van der Waals surface area contributed by atoms with Gasteiger partial charge in [-0.2, -0.15) is 4.80 Å².